The lowest BCUT2D eigenvalue weighted by molar-refractivity contribution is 0.0949. The van der Waals surface area contributed by atoms with Crippen molar-refractivity contribution in [3.05, 3.63) is 47.3 Å². The minimum absolute atomic E-state index is 0.0521. The van der Waals surface area contributed by atoms with Crippen molar-refractivity contribution in [3.63, 3.8) is 0 Å². The van der Waals surface area contributed by atoms with Crippen molar-refractivity contribution in [2.45, 2.75) is 38.8 Å². The van der Waals surface area contributed by atoms with Crippen LogP contribution in [0.25, 0.3) is 0 Å². The molecule has 1 aliphatic heterocycles. The van der Waals surface area contributed by atoms with Crippen molar-refractivity contribution in [1.82, 2.24) is 15.1 Å². The van der Waals surface area contributed by atoms with Gasteiger partial charge in [-0.2, -0.15) is 5.10 Å². The standard InChI is InChI=1S/C19H25N3O4S/c1-13(2)18-16(11-22(21-18)15-8-9-27(24,25)12-15)19(23)20-10-14-6-4-5-7-17(14)26-3/h4-7,11,13,15H,8-10,12H2,1-3H3,(H,20,23). The lowest BCUT2D eigenvalue weighted by Gasteiger charge is -2.10. The average Bonchev–Trinajstić information content (AvgIpc) is 3.23. The van der Waals surface area contributed by atoms with Crippen LogP contribution in [0, 0.1) is 0 Å². The number of benzene rings is 1. The molecule has 0 spiro atoms. The van der Waals surface area contributed by atoms with E-state index in [4.69, 9.17) is 4.74 Å². The van der Waals surface area contributed by atoms with Crippen LogP contribution in [0.3, 0.4) is 0 Å². The molecule has 1 aromatic carbocycles. The molecule has 1 aromatic heterocycles. The van der Waals surface area contributed by atoms with Crippen LogP contribution in [0.15, 0.2) is 30.5 Å². The summed E-state index contributed by atoms with van der Waals surface area (Å²) in [5.74, 6) is 0.792. The normalized spacial score (nSPS) is 18.6. The number of rotatable bonds is 6. The van der Waals surface area contributed by atoms with E-state index < -0.39 is 9.84 Å². The van der Waals surface area contributed by atoms with Gasteiger partial charge in [-0.25, -0.2) is 8.42 Å². The molecule has 0 aliphatic carbocycles. The lowest BCUT2D eigenvalue weighted by Crippen LogP contribution is -2.24. The van der Waals surface area contributed by atoms with Gasteiger partial charge in [0.25, 0.3) is 5.91 Å². The van der Waals surface area contributed by atoms with Crippen LogP contribution < -0.4 is 10.1 Å². The molecule has 7 nitrogen and oxygen atoms in total. The van der Waals surface area contributed by atoms with Gasteiger partial charge in [0.1, 0.15) is 5.75 Å². The predicted molar refractivity (Wildman–Crippen MR) is 103 cm³/mol. The molecule has 8 heteroatoms. The molecule has 1 fully saturated rings. The van der Waals surface area contributed by atoms with Gasteiger partial charge in [0, 0.05) is 18.3 Å². The van der Waals surface area contributed by atoms with Crippen molar-refractivity contribution in [3.8, 4) is 5.75 Å². The Balaban J connectivity index is 1.79. The molecule has 0 bridgehead atoms. The fraction of sp³-hybridized carbons (Fsp3) is 0.474. The van der Waals surface area contributed by atoms with Gasteiger partial charge in [-0.1, -0.05) is 32.0 Å². The van der Waals surface area contributed by atoms with E-state index in [2.05, 4.69) is 10.4 Å². The van der Waals surface area contributed by atoms with E-state index in [1.165, 1.54) is 0 Å². The Morgan fingerprint density at radius 1 is 1.37 bits per heavy atom. The molecule has 1 unspecified atom stereocenters. The van der Waals surface area contributed by atoms with Crippen LogP contribution >= 0.6 is 0 Å². The highest BCUT2D eigenvalue weighted by molar-refractivity contribution is 7.91. The van der Waals surface area contributed by atoms with Crippen molar-refractivity contribution in [1.29, 1.82) is 0 Å². The molecule has 1 amide bonds. The number of hydrogen-bond donors (Lipinski definition) is 1. The number of aromatic nitrogens is 2. The Morgan fingerprint density at radius 3 is 2.74 bits per heavy atom. The first-order chi connectivity index (χ1) is 12.8. The summed E-state index contributed by atoms with van der Waals surface area (Å²) >= 11 is 0. The highest BCUT2D eigenvalue weighted by atomic mass is 32.2. The molecule has 0 radical (unpaired) electrons. The second-order valence-corrected chi connectivity index (χ2v) is 9.34. The van der Waals surface area contributed by atoms with Gasteiger partial charge in [0.2, 0.25) is 0 Å². The van der Waals surface area contributed by atoms with Crippen molar-refractivity contribution in [2.75, 3.05) is 18.6 Å². The Bertz CT molecular complexity index is 934. The number of nitrogens with zero attached hydrogens (tertiary/aromatic N) is 2. The van der Waals surface area contributed by atoms with Crippen LogP contribution in [-0.2, 0) is 16.4 Å². The summed E-state index contributed by atoms with van der Waals surface area (Å²) in [7, 11) is -1.42. The summed E-state index contributed by atoms with van der Waals surface area (Å²) in [6.45, 7) is 4.27. The van der Waals surface area contributed by atoms with Crippen LogP contribution in [0.5, 0.6) is 5.75 Å². The SMILES string of the molecule is COc1ccccc1CNC(=O)c1cn(C2CCS(=O)(=O)C2)nc1C(C)C. The molecule has 1 saturated heterocycles. The van der Waals surface area contributed by atoms with Crippen LogP contribution in [0.1, 0.15) is 53.8 Å². The number of nitrogens with one attached hydrogen (secondary N) is 1. The molecule has 0 saturated carbocycles. The molecule has 27 heavy (non-hydrogen) atoms. The minimum Gasteiger partial charge on any atom is -0.496 e. The number of methoxy groups -OCH3 is 1. The van der Waals surface area contributed by atoms with Gasteiger partial charge in [0.15, 0.2) is 9.84 Å². The lowest BCUT2D eigenvalue weighted by atomic mass is 10.1. The van der Waals surface area contributed by atoms with E-state index in [-0.39, 0.29) is 29.4 Å². The van der Waals surface area contributed by atoms with Crippen molar-refractivity contribution >= 4 is 15.7 Å². The smallest absolute Gasteiger partial charge is 0.255 e. The Hall–Kier alpha value is -2.35. The number of ether oxygens (including phenoxy) is 1. The molecule has 2 heterocycles. The van der Waals surface area contributed by atoms with Gasteiger partial charge in [-0.15, -0.1) is 0 Å². The summed E-state index contributed by atoms with van der Waals surface area (Å²) in [4.78, 5) is 12.8. The summed E-state index contributed by atoms with van der Waals surface area (Å²) in [6, 6.07) is 7.31. The second kappa shape index (κ2) is 7.72. The van der Waals surface area contributed by atoms with Crippen LogP contribution in [-0.4, -0.2) is 42.7 Å². The maximum Gasteiger partial charge on any atom is 0.255 e. The van der Waals surface area contributed by atoms with Crippen molar-refractivity contribution < 1.29 is 17.9 Å². The molecule has 2 aromatic rings. The van der Waals surface area contributed by atoms with E-state index in [1.54, 1.807) is 18.0 Å². The Kier molecular flexibility index (Phi) is 5.55. The largest absolute Gasteiger partial charge is 0.496 e. The first-order valence-electron chi connectivity index (χ1n) is 9.00. The third kappa shape index (κ3) is 4.32. The van der Waals surface area contributed by atoms with E-state index in [9.17, 15) is 13.2 Å². The summed E-state index contributed by atoms with van der Waals surface area (Å²) in [6.07, 6.45) is 2.21. The average molecular weight is 391 g/mol. The maximum atomic E-state index is 12.8. The quantitative estimate of drug-likeness (QED) is 0.816. The van der Waals surface area contributed by atoms with Crippen LogP contribution in [0.4, 0.5) is 0 Å². The second-order valence-electron chi connectivity index (χ2n) is 7.11. The zero-order valence-electron chi connectivity index (χ0n) is 15.8. The number of sulfone groups is 1. The fourth-order valence-corrected chi connectivity index (χ4v) is 5.00. The summed E-state index contributed by atoms with van der Waals surface area (Å²) in [5.41, 5.74) is 2.05. The zero-order chi connectivity index (χ0) is 19.6. The summed E-state index contributed by atoms with van der Waals surface area (Å²) < 4.78 is 30.5. The van der Waals surface area contributed by atoms with Gasteiger partial charge >= 0.3 is 0 Å². The number of amides is 1. The van der Waals surface area contributed by atoms with Gasteiger partial charge in [-0.3, -0.25) is 9.48 Å². The first kappa shape index (κ1) is 19.4. The molecule has 146 valence electrons. The fourth-order valence-electron chi connectivity index (χ4n) is 3.30. The number of carbonyl (C=O) groups excluding carboxylic acids is 1. The molecular weight excluding hydrogens is 366 g/mol. The predicted octanol–water partition coefficient (Wildman–Crippen LogP) is 2.30. The maximum absolute atomic E-state index is 12.8. The third-order valence-electron chi connectivity index (χ3n) is 4.77. The third-order valence-corrected chi connectivity index (χ3v) is 6.52. The minimum atomic E-state index is -3.02. The Morgan fingerprint density at radius 2 is 2.11 bits per heavy atom. The Labute approximate surface area is 159 Å². The molecule has 1 atom stereocenters. The summed E-state index contributed by atoms with van der Waals surface area (Å²) in [5, 5.41) is 7.45. The topological polar surface area (TPSA) is 90.3 Å². The van der Waals surface area contributed by atoms with Gasteiger partial charge < -0.3 is 10.1 Å². The highest BCUT2D eigenvalue weighted by Crippen LogP contribution is 2.26. The van der Waals surface area contributed by atoms with Gasteiger partial charge in [-0.05, 0) is 18.4 Å². The van der Waals surface area contributed by atoms with Crippen molar-refractivity contribution in [2.24, 2.45) is 0 Å². The first-order valence-corrected chi connectivity index (χ1v) is 10.8. The van der Waals surface area contributed by atoms with Crippen LogP contribution in [0.2, 0.25) is 0 Å². The van der Waals surface area contributed by atoms with E-state index in [0.29, 0.717) is 30.0 Å². The van der Waals surface area contributed by atoms with E-state index in [1.807, 2.05) is 38.1 Å². The number of carbonyl (C=O) groups is 1. The highest BCUT2D eigenvalue weighted by Gasteiger charge is 2.31. The molecular formula is C19H25N3O4S. The van der Waals surface area contributed by atoms with E-state index in [0.717, 1.165) is 5.56 Å². The number of hydrogen-bond acceptors (Lipinski definition) is 5. The number of para-hydroxylation sites is 1. The van der Waals surface area contributed by atoms with E-state index >= 15 is 0 Å². The monoisotopic (exact) mass is 391 g/mol. The molecule has 1 N–H and O–H groups in total. The molecule has 1 aliphatic rings. The molecule has 3 rings (SSSR count). The van der Waals surface area contributed by atoms with Gasteiger partial charge in [0.05, 0.1) is 35.9 Å². The zero-order valence-corrected chi connectivity index (χ0v) is 16.6.